The number of nitrogens with one attached hydrogen (secondary N) is 1. The maximum atomic E-state index is 14.5. The molecule has 3 atom stereocenters. The fourth-order valence-electron chi connectivity index (χ4n) is 4.62. The van der Waals surface area contributed by atoms with Crippen LogP contribution >= 0.6 is 0 Å². The predicted octanol–water partition coefficient (Wildman–Crippen LogP) is 4.32. The van der Waals surface area contributed by atoms with E-state index in [9.17, 15) is 18.4 Å². The number of fused-ring (bicyclic) bond motifs is 1. The van der Waals surface area contributed by atoms with E-state index >= 15 is 0 Å². The number of ether oxygens (including phenoxy) is 2. The van der Waals surface area contributed by atoms with Crippen LogP contribution in [0.1, 0.15) is 42.6 Å². The maximum Gasteiger partial charge on any atom is 0.257 e. The van der Waals surface area contributed by atoms with Crippen LogP contribution in [0, 0.1) is 23.5 Å². The van der Waals surface area contributed by atoms with Crippen molar-refractivity contribution in [2.45, 2.75) is 45.4 Å². The molecule has 1 heterocycles. The Balaban J connectivity index is 1.64. The van der Waals surface area contributed by atoms with Crippen LogP contribution in [0.5, 0.6) is 5.75 Å². The van der Waals surface area contributed by atoms with Crippen LogP contribution in [-0.4, -0.2) is 67.6 Å². The lowest BCUT2D eigenvalue weighted by Gasteiger charge is -2.36. The molecule has 37 heavy (non-hydrogen) atoms. The topological polar surface area (TPSA) is 71.1 Å². The highest BCUT2D eigenvalue weighted by atomic mass is 19.1. The Morgan fingerprint density at radius 2 is 1.89 bits per heavy atom. The molecule has 1 aliphatic carbocycles. The summed E-state index contributed by atoms with van der Waals surface area (Å²) in [6.45, 7) is 5.21. The van der Waals surface area contributed by atoms with Crippen molar-refractivity contribution in [1.82, 2.24) is 9.80 Å². The summed E-state index contributed by atoms with van der Waals surface area (Å²) in [5.74, 6) is -0.827. The molecule has 0 bridgehead atoms. The van der Waals surface area contributed by atoms with E-state index in [-0.39, 0.29) is 54.5 Å². The fraction of sp³-hybridized carbons (Fsp3) is 0.500. The summed E-state index contributed by atoms with van der Waals surface area (Å²) >= 11 is 0. The molecule has 2 amide bonds. The number of anilines is 1. The van der Waals surface area contributed by atoms with Crippen molar-refractivity contribution in [2.24, 2.45) is 11.8 Å². The van der Waals surface area contributed by atoms with Crippen molar-refractivity contribution < 1.29 is 27.8 Å². The smallest absolute Gasteiger partial charge is 0.257 e. The number of halogens is 2. The van der Waals surface area contributed by atoms with Crippen LogP contribution in [-0.2, 0) is 16.1 Å². The van der Waals surface area contributed by atoms with E-state index < -0.39 is 11.6 Å². The van der Waals surface area contributed by atoms with Gasteiger partial charge < -0.3 is 19.7 Å². The van der Waals surface area contributed by atoms with E-state index in [0.29, 0.717) is 30.1 Å². The summed E-state index contributed by atoms with van der Waals surface area (Å²) in [5.41, 5.74) is 1.20. The van der Waals surface area contributed by atoms with Crippen molar-refractivity contribution in [3.05, 3.63) is 59.2 Å². The zero-order valence-electron chi connectivity index (χ0n) is 21.8. The minimum absolute atomic E-state index is 0.0155. The molecule has 1 aliphatic heterocycles. The lowest BCUT2D eigenvalue weighted by Crippen LogP contribution is -2.46. The number of carbonyl (C=O) groups excluding carboxylic acids is 2. The summed E-state index contributed by atoms with van der Waals surface area (Å²) in [4.78, 5) is 29.3. The molecular formula is C28H35F2N3O4. The Labute approximate surface area is 216 Å². The first-order chi connectivity index (χ1) is 17.7. The van der Waals surface area contributed by atoms with E-state index in [1.165, 1.54) is 6.07 Å². The minimum atomic E-state index is -0.493. The van der Waals surface area contributed by atoms with Crippen LogP contribution in [0.25, 0.3) is 0 Å². The number of hydrogen-bond donors (Lipinski definition) is 1. The first-order valence-electron chi connectivity index (χ1n) is 12.7. The molecule has 1 fully saturated rings. The van der Waals surface area contributed by atoms with E-state index in [2.05, 4.69) is 5.32 Å². The average molecular weight is 516 g/mol. The molecule has 1 N–H and O–H groups in total. The van der Waals surface area contributed by atoms with Crippen LogP contribution in [0.3, 0.4) is 0 Å². The molecule has 200 valence electrons. The molecule has 2 aromatic rings. The van der Waals surface area contributed by atoms with Gasteiger partial charge in [-0.1, -0.05) is 6.92 Å². The quantitative estimate of drug-likeness (QED) is 0.642. The summed E-state index contributed by atoms with van der Waals surface area (Å²) < 4.78 is 40.3. The molecule has 9 heteroatoms. The van der Waals surface area contributed by atoms with Crippen molar-refractivity contribution in [2.75, 3.05) is 39.2 Å². The predicted molar refractivity (Wildman–Crippen MR) is 136 cm³/mol. The molecule has 0 radical (unpaired) electrons. The minimum Gasteiger partial charge on any atom is -0.491 e. The summed E-state index contributed by atoms with van der Waals surface area (Å²) in [6, 6.07) is 8.30. The first-order valence-corrected chi connectivity index (χ1v) is 12.7. The number of rotatable bonds is 5. The highest BCUT2D eigenvalue weighted by Gasteiger charge is 2.31. The normalized spacial score (nSPS) is 23.5. The molecule has 0 spiro atoms. The number of methoxy groups -OCH3 is 1. The van der Waals surface area contributed by atoms with Gasteiger partial charge in [-0.05, 0) is 56.0 Å². The van der Waals surface area contributed by atoms with Gasteiger partial charge in [-0.3, -0.25) is 14.5 Å². The lowest BCUT2D eigenvalue weighted by atomic mass is 10.0. The SMILES string of the molecule is CO[C@@H]1CN(C)C(=O)c2ccc(NC(=O)C3CC3)cc2OC[C@@H](C)N(Cc2cc(F)ccc2F)C[C@H]1C. The standard InChI is InChI=1S/C28H35F2N3O4/c1-17-13-33(14-20-11-21(29)7-10-24(20)30)18(2)16-37-25-12-22(31-27(34)19-5-6-19)8-9-23(25)28(35)32(3)15-26(17)36-4/h7-12,17-19,26H,5-6,13-16H2,1-4H3,(H,31,34)/t17-,18-,26-/m1/s1. The number of benzene rings is 2. The highest BCUT2D eigenvalue weighted by molar-refractivity contribution is 5.99. The van der Waals surface area contributed by atoms with E-state index in [1.807, 2.05) is 18.7 Å². The monoisotopic (exact) mass is 515 g/mol. The molecule has 1 saturated carbocycles. The number of hydrogen-bond acceptors (Lipinski definition) is 5. The van der Waals surface area contributed by atoms with Crippen LogP contribution in [0.2, 0.25) is 0 Å². The Morgan fingerprint density at radius 1 is 1.14 bits per heavy atom. The second-order valence-corrected chi connectivity index (χ2v) is 10.2. The fourth-order valence-corrected chi connectivity index (χ4v) is 4.62. The van der Waals surface area contributed by atoms with Gasteiger partial charge in [0.15, 0.2) is 0 Å². The average Bonchev–Trinajstić information content (AvgIpc) is 3.72. The maximum absolute atomic E-state index is 14.5. The van der Waals surface area contributed by atoms with E-state index in [4.69, 9.17) is 9.47 Å². The van der Waals surface area contributed by atoms with E-state index in [0.717, 1.165) is 25.0 Å². The van der Waals surface area contributed by atoms with Crippen molar-refractivity contribution in [3.8, 4) is 5.75 Å². The molecule has 2 aliphatic rings. The summed E-state index contributed by atoms with van der Waals surface area (Å²) in [6.07, 6.45) is 1.49. The Kier molecular flexibility index (Phi) is 8.44. The van der Waals surface area contributed by atoms with Gasteiger partial charge in [-0.15, -0.1) is 0 Å². The summed E-state index contributed by atoms with van der Waals surface area (Å²) in [5, 5.41) is 2.90. The zero-order valence-corrected chi connectivity index (χ0v) is 21.8. The molecule has 0 unspecified atom stereocenters. The van der Waals surface area contributed by atoms with Gasteiger partial charge in [0.05, 0.1) is 11.7 Å². The molecule has 2 aromatic carbocycles. The third-order valence-electron chi connectivity index (χ3n) is 7.17. The molecule has 7 nitrogen and oxygen atoms in total. The van der Waals surface area contributed by atoms with Gasteiger partial charge in [0, 0.05) is 63.1 Å². The third-order valence-corrected chi connectivity index (χ3v) is 7.17. The van der Waals surface area contributed by atoms with Gasteiger partial charge >= 0.3 is 0 Å². The van der Waals surface area contributed by atoms with Crippen molar-refractivity contribution in [3.63, 3.8) is 0 Å². The van der Waals surface area contributed by atoms with Crippen LogP contribution in [0.4, 0.5) is 14.5 Å². The van der Waals surface area contributed by atoms with Crippen molar-refractivity contribution >= 4 is 17.5 Å². The Hall–Kier alpha value is -3.04. The number of carbonyl (C=O) groups is 2. The van der Waals surface area contributed by atoms with Gasteiger partial charge in [0.2, 0.25) is 5.91 Å². The molecular weight excluding hydrogens is 480 g/mol. The second kappa shape index (κ2) is 11.6. The van der Waals surface area contributed by atoms with Crippen LogP contribution < -0.4 is 10.1 Å². The molecule has 0 aromatic heterocycles. The molecule has 0 saturated heterocycles. The number of likely N-dealkylation sites (N-methyl/N-ethyl adjacent to an activating group) is 1. The zero-order chi connectivity index (χ0) is 26.7. The van der Waals surface area contributed by atoms with Gasteiger partial charge in [0.25, 0.3) is 5.91 Å². The van der Waals surface area contributed by atoms with Crippen molar-refractivity contribution in [1.29, 1.82) is 0 Å². The Morgan fingerprint density at radius 3 is 2.59 bits per heavy atom. The molecule has 4 rings (SSSR count). The van der Waals surface area contributed by atoms with Gasteiger partial charge in [-0.2, -0.15) is 0 Å². The third kappa shape index (κ3) is 6.64. The largest absolute Gasteiger partial charge is 0.491 e. The van der Waals surface area contributed by atoms with Gasteiger partial charge in [-0.25, -0.2) is 8.78 Å². The Bertz CT molecular complexity index is 1140. The van der Waals surface area contributed by atoms with E-state index in [1.54, 1.807) is 37.3 Å². The van der Waals surface area contributed by atoms with Crippen LogP contribution in [0.15, 0.2) is 36.4 Å². The lowest BCUT2D eigenvalue weighted by molar-refractivity contribution is -0.117. The number of amides is 2. The summed E-state index contributed by atoms with van der Waals surface area (Å²) in [7, 11) is 3.32. The van der Waals surface area contributed by atoms with Gasteiger partial charge in [0.1, 0.15) is 24.0 Å². The number of nitrogens with zero attached hydrogens (tertiary/aromatic N) is 2. The second-order valence-electron chi connectivity index (χ2n) is 10.2. The first kappa shape index (κ1) is 27.0. The highest BCUT2D eigenvalue weighted by Crippen LogP contribution is 2.32.